The lowest BCUT2D eigenvalue weighted by atomic mass is 10.0. The van der Waals surface area contributed by atoms with Gasteiger partial charge in [-0.3, -0.25) is 0 Å². The number of hydrogen-bond acceptors (Lipinski definition) is 4. The van der Waals surface area contributed by atoms with Crippen LogP contribution in [0.3, 0.4) is 0 Å². The maximum Gasteiger partial charge on any atom is 0.511 e. The van der Waals surface area contributed by atoms with E-state index in [9.17, 15) is 4.79 Å². The Morgan fingerprint density at radius 3 is 2.50 bits per heavy atom. The van der Waals surface area contributed by atoms with Gasteiger partial charge in [-0.1, -0.05) is 18.2 Å². The van der Waals surface area contributed by atoms with Gasteiger partial charge in [-0.15, -0.1) is 0 Å². The van der Waals surface area contributed by atoms with Crippen LogP contribution in [0.2, 0.25) is 0 Å². The molecule has 1 aliphatic rings. The number of rotatable bonds is 5. The van der Waals surface area contributed by atoms with Crippen LogP contribution in [0, 0.1) is 0 Å². The quantitative estimate of drug-likeness (QED) is 0.634. The van der Waals surface area contributed by atoms with Crippen LogP contribution in [-0.2, 0) is 0 Å². The van der Waals surface area contributed by atoms with Crippen LogP contribution in [0.4, 0.5) is 4.79 Å². The minimum absolute atomic E-state index is 0.232. The zero-order valence-electron chi connectivity index (χ0n) is 13.5. The second-order valence-electron chi connectivity index (χ2n) is 5.79. The summed E-state index contributed by atoms with van der Waals surface area (Å²) in [7, 11) is 1.62. The molecule has 0 aliphatic heterocycles. The molecule has 5 nitrogen and oxygen atoms in total. The average molecular weight is 328 g/mol. The van der Waals surface area contributed by atoms with E-state index in [0.717, 1.165) is 24.0 Å². The molecule has 1 N–H and O–H groups in total. The van der Waals surface area contributed by atoms with Crippen molar-refractivity contribution in [1.29, 1.82) is 0 Å². The molecule has 24 heavy (non-hydrogen) atoms. The SMILES string of the molecule is COc1ccc(-c2cccc(OC(=O)O)c2)cc1OC1CCCC1. The van der Waals surface area contributed by atoms with Gasteiger partial charge >= 0.3 is 6.16 Å². The highest BCUT2D eigenvalue weighted by atomic mass is 16.7. The number of ether oxygens (including phenoxy) is 3. The van der Waals surface area contributed by atoms with E-state index in [2.05, 4.69) is 0 Å². The molecular formula is C19H20O5. The third-order valence-electron chi connectivity index (χ3n) is 4.13. The molecule has 0 unspecified atom stereocenters. The zero-order valence-corrected chi connectivity index (χ0v) is 13.5. The monoisotopic (exact) mass is 328 g/mol. The van der Waals surface area contributed by atoms with Gasteiger partial charge in [-0.25, -0.2) is 4.79 Å². The summed E-state index contributed by atoms with van der Waals surface area (Å²) in [4.78, 5) is 10.7. The topological polar surface area (TPSA) is 65.0 Å². The fraction of sp³-hybridized carbons (Fsp3) is 0.316. The predicted molar refractivity (Wildman–Crippen MR) is 90.0 cm³/mol. The van der Waals surface area contributed by atoms with E-state index >= 15 is 0 Å². The Bertz CT molecular complexity index is 719. The summed E-state index contributed by atoms with van der Waals surface area (Å²) >= 11 is 0. The van der Waals surface area contributed by atoms with Crippen LogP contribution in [0.5, 0.6) is 17.2 Å². The van der Waals surface area contributed by atoms with Crippen molar-refractivity contribution in [1.82, 2.24) is 0 Å². The van der Waals surface area contributed by atoms with Crippen molar-refractivity contribution in [3.63, 3.8) is 0 Å². The second kappa shape index (κ2) is 7.25. The molecule has 3 rings (SSSR count). The molecule has 0 saturated heterocycles. The molecule has 0 aromatic heterocycles. The van der Waals surface area contributed by atoms with Gasteiger partial charge < -0.3 is 19.3 Å². The highest BCUT2D eigenvalue weighted by molar-refractivity contribution is 5.70. The second-order valence-corrected chi connectivity index (χ2v) is 5.79. The Hall–Kier alpha value is -2.69. The zero-order chi connectivity index (χ0) is 16.9. The number of benzene rings is 2. The summed E-state index contributed by atoms with van der Waals surface area (Å²) in [6.07, 6.45) is 3.43. The lowest BCUT2D eigenvalue weighted by molar-refractivity contribution is 0.144. The summed E-state index contributed by atoms with van der Waals surface area (Å²) in [6, 6.07) is 12.7. The van der Waals surface area contributed by atoms with Crippen LogP contribution >= 0.6 is 0 Å². The normalized spacial score (nSPS) is 14.4. The van der Waals surface area contributed by atoms with Crippen LogP contribution in [-0.4, -0.2) is 24.5 Å². The largest absolute Gasteiger partial charge is 0.511 e. The molecule has 0 spiro atoms. The van der Waals surface area contributed by atoms with Gasteiger partial charge in [0.1, 0.15) is 5.75 Å². The van der Waals surface area contributed by atoms with E-state index in [0.29, 0.717) is 11.5 Å². The number of methoxy groups -OCH3 is 1. The Labute approximate surface area is 140 Å². The van der Waals surface area contributed by atoms with E-state index in [4.69, 9.17) is 19.3 Å². The molecule has 126 valence electrons. The minimum atomic E-state index is -1.33. The number of hydrogen-bond donors (Lipinski definition) is 1. The Morgan fingerprint density at radius 1 is 1.04 bits per heavy atom. The number of carbonyl (C=O) groups is 1. The van der Waals surface area contributed by atoms with Crippen molar-refractivity contribution in [3.05, 3.63) is 42.5 Å². The molecule has 2 aromatic carbocycles. The van der Waals surface area contributed by atoms with Gasteiger partial charge in [-0.05, 0) is 61.1 Å². The molecular weight excluding hydrogens is 308 g/mol. The van der Waals surface area contributed by atoms with E-state index < -0.39 is 6.16 Å². The van der Waals surface area contributed by atoms with Crippen LogP contribution in [0.15, 0.2) is 42.5 Å². The summed E-state index contributed by atoms with van der Waals surface area (Å²) in [5.74, 6) is 1.70. The summed E-state index contributed by atoms with van der Waals surface area (Å²) in [5.41, 5.74) is 1.77. The lowest BCUT2D eigenvalue weighted by Gasteiger charge is -2.17. The summed E-state index contributed by atoms with van der Waals surface area (Å²) in [6.45, 7) is 0. The highest BCUT2D eigenvalue weighted by Gasteiger charge is 2.19. The maximum absolute atomic E-state index is 10.7. The van der Waals surface area contributed by atoms with Gasteiger partial charge in [0, 0.05) is 0 Å². The molecule has 2 aromatic rings. The van der Waals surface area contributed by atoms with Gasteiger partial charge in [0.15, 0.2) is 11.5 Å². The molecule has 0 bridgehead atoms. The molecule has 0 amide bonds. The predicted octanol–water partition coefficient (Wildman–Crippen LogP) is 4.74. The average Bonchev–Trinajstić information content (AvgIpc) is 3.07. The molecule has 1 fully saturated rings. The van der Waals surface area contributed by atoms with Crippen LogP contribution in [0.25, 0.3) is 11.1 Å². The molecule has 0 heterocycles. The Morgan fingerprint density at radius 2 is 1.79 bits per heavy atom. The van der Waals surface area contributed by atoms with E-state index in [-0.39, 0.29) is 11.9 Å². The van der Waals surface area contributed by atoms with Gasteiger partial charge in [0.25, 0.3) is 0 Å². The summed E-state index contributed by atoms with van der Waals surface area (Å²) < 4.78 is 16.2. The number of carboxylic acid groups (broad SMARTS) is 1. The molecule has 1 saturated carbocycles. The smallest absolute Gasteiger partial charge is 0.493 e. The van der Waals surface area contributed by atoms with Gasteiger partial charge in [-0.2, -0.15) is 0 Å². The molecule has 0 atom stereocenters. The van der Waals surface area contributed by atoms with Crippen molar-refractivity contribution in [2.75, 3.05) is 7.11 Å². The van der Waals surface area contributed by atoms with Crippen molar-refractivity contribution < 1.29 is 24.1 Å². The maximum atomic E-state index is 10.7. The van der Waals surface area contributed by atoms with Crippen molar-refractivity contribution >= 4 is 6.16 Å². The molecule has 1 aliphatic carbocycles. The first-order valence-corrected chi connectivity index (χ1v) is 8.01. The highest BCUT2D eigenvalue weighted by Crippen LogP contribution is 2.36. The molecule has 0 radical (unpaired) electrons. The van der Waals surface area contributed by atoms with E-state index in [1.165, 1.54) is 12.8 Å². The van der Waals surface area contributed by atoms with E-state index in [1.54, 1.807) is 25.3 Å². The first-order valence-electron chi connectivity index (χ1n) is 8.01. The summed E-state index contributed by atoms with van der Waals surface area (Å²) in [5, 5.41) is 8.74. The van der Waals surface area contributed by atoms with Crippen molar-refractivity contribution in [2.45, 2.75) is 31.8 Å². The first-order chi connectivity index (χ1) is 11.7. The van der Waals surface area contributed by atoms with Gasteiger partial charge in [0.05, 0.1) is 13.2 Å². The lowest BCUT2D eigenvalue weighted by Crippen LogP contribution is -2.11. The molecule has 5 heteroatoms. The fourth-order valence-corrected chi connectivity index (χ4v) is 2.97. The fourth-order valence-electron chi connectivity index (χ4n) is 2.97. The van der Waals surface area contributed by atoms with Crippen LogP contribution in [0.1, 0.15) is 25.7 Å². The third-order valence-corrected chi connectivity index (χ3v) is 4.13. The van der Waals surface area contributed by atoms with Crippen molar-refractivity contribution in [2.24, 2.45) is 0 Å². The van der Waals surface area contributed by atoms with Crippen molar-refractivity contribution in [3.8, 4) is 28.4 Å². The first kappa shape index (κ1) is 16.2. The third kappa shape index (κ3) is 3.79. The van der Waals surface area contributed by atoms with Gasteiger partial charge in [0.2, 0.25) is 0 Å². The Kier molecular flexibility index (Phi) is 4.89. The standard InChI is InChI=1S/C19H20O5/c1-22-17-10-9-14(12-18(17)23-15-6-2-3-7-15)13-5-4-8-16(11-13)24-19(20)21/h4-5,8-12,15H,2-3,6-7H2,1H3,(H,20,21). The van der Waals surface area contributed by atoms with E-state index in [1.807, 2.05) is 24.3 Å². The minimum Gasteiger partial charge on any atom is -0.493 e. The Balaban J connectivity index is 1.89. The van der Waals surface area contributed by atoms with Crippen LogP contribution < -0.4 is 14.2 Å².